The standard InChI is InChI=1S/C12H23N3O2/c13-12(2-1-3-12)10-11(16)14-4-5-15-6-8-17-9-7-15/h1-10,13H2,(H,14,16). The first-order valence-electron chi connectivity index (χ1n) is 6.54. The minimum atomic E-state index is -0.205. The molecular formula is C12H23N3O2. The molecule has 1 saturated carbocycles. The highest BCUT2D eigenvalue weighted by molar-refractivity contribution is 5.77. The first kappa shape index (κ1) is 12.8. The molecule has 0 bridgehead atoms. The zero-order valence-corrected chi connectivity index (χ0v) is 10.4. The molecule has 1 heterocycles. The lowest BCUT2D eigenvalue weighted by molar-refractivity contribution is -0.123. The van der Waals surface area contributed by atoms with Gasteiger partial charge >= 0.3 is 0 Å². The maximum absolute atomic E-state index is 11.7. The molecule has 2 aliphatic rings. The van der Waals surface area contributed by atoms with E-state index >= 15 is 0 Å². The van der Waals surface area contributed by atoms with Crippen LogP contribution in [0.15, 0.2) is 0 Å². The Labute approximate surface area is 103 Å². The van der Waals surface area contributed by atoms with E-state index in [0.29, 0.717) is 6.42 Å². The Balaban J connectivity index is 1.56. The van der Waals surface area contributed by atoms with Crippen molar-refractivity contribution in [2.24, 2.45) is 5.73 Å². The largest absolute Gasteiger partial charge is 0.379 e. The molecule has 0 atom stereocenters. The summed E-state index contributed by atoms with van der Waals surface area (Å²) < 4.78 is 5.27. The van der Waals surface area contributed by atoms with Gasteiger partial charge in [-0.15, -0.1) is 0 Å². The monoisotopic (exact) mass is 241 g/mol. The van der Waals surface area contributed by atoms with Crippen LogP contribution < -0.4 is 11.1 Å². The predicted octanol–water partition coefficient (Wildman–Crippen LogP) is -0.294. The van der Waals surface area contributed by atoms with E-state index in [1.165, 1.54) is 0 Å². The molecule has 98 valence electrons. The van der Waals surface area contributed by atoms with Crippen LogP contribution >= 0.6 is 0 Å². The van der Waals surface area contributed by atoms with Gasteiger partial charge in [0.15, 0.2) is 0 Å². The summed E-state index contributed by atoms with van der Waals surface area (Å²) in [4.78, 5) is 14.0. The smallest absolute Gasteiger partial charge is 0.221 e. The molecule has 2 rings (SSSR count). The highest BCUT2D eigenvalue weighted by Gasteiger charge is 2.34. The highest BCUT2D eigenvalue weighted by atomic mass is 16.5. The fraction of sp³-hybridized carbons (Fsp3) is 0.917. The summed E-state index contributed by atoms with van der Waals surface area (Å²) in [5, 5.41) is 2.95. The molecule has 1 aliphatic carbocycles. The number of nitrogens with zero attached hydrogens (tertiary/aromatic N) is 1. The van der Waals surface area contributed by atoms with E-state index in [1.54, 1.807) is 0 Å². The summed E-state index contributed by atoms with van der Waals surface area (Å²) in [6.07, 6.45) is 3.63. The lowest BCUT2D eigenvalue weighted by Gasteiger charge is -2.37. The van der Waals surface area contributed by atoms with Crippen LogP contribution in [0.3, 0.4) is 0 Å². The number of rotatable bonds is 5. The average Bonchev–Trinajstić information content (AvgIpc) is 2.28. The third kappa shape index (κ3) is 3.94. The molecule has 1 amide bonds. The third-order valence-electron chi connectivity index (χ3n) is 3.72. The highest BCUT2D eigenvalue weighted by Crippen LogP contribution is 2.31. The summed E-state index contributed by atoms with van der Waals surface area (Å²) in [5.41, 5.74) is 5.83. The van der Waals surface area contributed by atoms with Gasteiger partial charge in [0.25, 0.3) is 0 Å². The van der Waals surface area contributed by atoms with Gasteiger partial charge < -0.3 is 15.8 Å². The van der Waals surface area contributed by atoms with Crippen LogP contribution in [-0.2, 0) is 9.53 Å². The van der Waals surface area contributed by atoms with Crippen LogP contribution in [0.5, 0.6) is 0 Å². The number of carbonyl (C=O) groups is 1. The van der Waals surface area contributed by atoms with Crippen molar-refractivity contribution >= 4 is 5.91 Å². The Morgan fingerprint density at radius 2 is 2.06 bits per heavy atom. The van der Waals surface area contributed by atoms with Gasteiger partial charge in [-0.25, -0.2) is 0 Å². The lowest BCUT2D eigenvalue weighted by atomic mass is 9.75. The van der Waals surface area contributed by atoms with E-state index in [0.717, 1.165) is 58.7 Å². The van der Waals surface area contributed by atoms with E-state index in [-0.39, 0.29) is 11.4 Å². The van der Waals surface area contributed by atoms with Gasteiger partial charge in [-0.3, -0.25) is 9.69 Å². The number of carbonyl (C=O) groups excluding carboxylic acids is 1. The molecule has 17 heavy (non-hydrogen) atoms. The first-order valence-corrected chi connectivity index (χ1v) is 6.54. The van der Waals surface area contributed by atoms with E-state index in [2.05, 4.69) is 10.2 Å². The molecule has 0 aromatic rings. The van der Waals surface area contributed by atoms with E-state index < -0.39 is 0 Å². The molecule has 1 saturated heterocycles. The van der Waals surface area contributed by atoms with Crippen molar-refractivity contribution in [2.75, 3.05) is 39.4 Å². The molecule has 0 aromatic carbocycles. The number of nitrogens with two attached hydrogens (primary N) is 1. The van der Waals surface area contributed by atoms with Crippen molar-refractivity contribution < 1.29 is 9.53 Å². The van der Waals surface area contributed by atoms with Gasteiger partial charge in [-0.2, -0.15) is 0 Å². The van der Waals surface area contributed by atoms with E-state index in [1.807, 2.05) is 0 Å². The van der Waals surface area contributed by atoms with Gasteiger partial charge in [0, 0.05) is 38.1 Å². The molecule has 0 radical (unpaired) electrons. The number of amides is 1. The fourth-order valence-corrected chi connectivity index (χ4v) is 2.37. The normalized spacial score (nSPS) is 24.1. The van der Waals surface area contributed by atoms with Crippen LogP contribution in [0.4, 0.5) is 0 Å². The minimum Gasteiger partial charge on any atom is -0.379 e. The Morgan fingerprint density at radius 1 is 1.35 bits per heavy atom. The minimum absolute atomic E-state index is 0.0976. The molecule has 0 spiro atoms. The second-order valence-electron chi connectivity index (χ2n) is 5.20. The molecular weight excluding hydrogens is 218 g/mol. The van der Waals surface area contributed by atoms with Crippen molar-refractivity contribution in [1.29, 1.82) is 0 Å². The van der Waals surface area contributed by atoms with E-state index in [4.69, 9.17) is 10.5 Å². The number of hydrogen-bond acceptors (Lipinski definition) is 4. The topological polar surface area (TPSA) is 67.6 Å². The average molecular weight is 241 g/mol. The number of ether oxygens (including phenoxy) is 1. The molecule has 3 N–H and O–H groups in total. The van der Waals surface area contributed by atoms with Crippen LogP contribution in [-0.4, -0.2) is 55.7 Å². The van der Waals surface area contributed by atoms with Crippen LogP contribution in [0.25, 0.3) is 0 Å². The van der Waals surface area contributed by atoms with Crippen molar-refractivity contribution in [1.82, 2.24) is 10.2 Å². The number of nitrogens with one attached hydrogen (secondary N) is 1. The summed E-state index contributed by atoms with van der Waals surface area (Å²) in [6, 6.07) is 0. The number of morpholine rings is 1. The Kier molecular flexibility index (Phi) is 4.36. The predicted molar refractivity (Wildman–Crippen MR) is 65.7 cm³/mol. The van der Waals surface area contributed by atoms with Crippen molar-refractivity contribution in [2.45, 2.75) is 31.2 Å². The molecule has 1 aliphatic heterocycles. The van der Waals surface area contributed by atoms with E-state index in [9.17, 15) is 4.79 Å². The summed E-state index contributed by atoms with van der Waals surface area (Å²) in [6.45, 7) is 5.18. The SMILES string of the molecule is NC1(CC(=O)NCCN2CCOCC2)CCC1. The molecule has 0 aromatic heterocycles. The van der Waals surface area contributed by atoms with Crippen molar-refractivity contribution in [3.05, 3.63) is 0 Å². The quantitative estimate of drug-likeness (QED) is 0.694. The van der Waals surface area contributed by atoms with Crippen LogP contribution in [0.1, 0.15) is 25.7 Å². The Hall–Kier alpha value is -0.650. The summed E-state index contributed by atoms with van der Waals surface area (Å²) in [5.74, 6) is 0.0976. The second-order valence-corrected chi connectivity index (χ2v) is 5.20. The van der Waals surface area contributed by atoms with Gasteiger partial charge in [0.05, 0.1) is 13.2 Å². The summed E-state index contributed by atoms with van der Waals surface area (Å²) >= 11 is 0. The van der Waals surface area contributed by atoms with Gasteiger partial charge in [-0.1, -0.05) is 0 Å². The molecule has 0 unspecified atom stereocenters. The van der Waals surface area contributed by atoms with Gasteiger partial charge in [0.1, 0.15) is 0 Å². The Bertz CT molecular complexity index is 260. The fourth-order valence-electron chi connectivity index (χ4n) is 2.37. The van der Waals surface area contributed by atoms with Crippen LogP contribution in [0, 0.1) is 0 Å². The molecule has 5 heteroatoms. The lowest BCUT2D eigenvalue weighted by Crippen LogP contribution is -2.50. The molecule has 2 fully saturated rings. The second kappa shape index (κ2) is 5.80. The Morgan fingerprint density at radius 3 is 2.65 bits per heavy atom. The first-order chi connectivity index (χ1) is 8.18. The zero-order chi connectivity index (χ0) is 12.1. The zero-order valence-electron chi connectivity index (χ0n) is 10.4. The van der Waals surface area contributed by atoms with Gasteiger partial charge in [0.2, 0.25) is 5.91 Å². The maximum Gasteiger partial charge on any atom is 0.221 e. The van der Waals surface area contributed by atoms with Gasteiger partial charge in [-0.05, 0) is 19.3 Å². The summed E-state index contributed by atoms with van der Waals surface area (Å²) in [7, 11) is 0. The molecule has 5 nitrogen and oxygen atoms in total. The van der Waals surface area contributed by atoms with Crippen molar-refractivity contribution in [3.8, 4) is 0 Å². The maximum atomic E-state index is 11.7. The number of hydrogen-bond donors (Lipinski definition) is 2. The van der Waals surface area contributed by atoms with Crippen LogP contribution in [0.2, 0.25) is 0 Å². The third-order valence-corrected chi connectivity index (χ3v) is 3.72. The van der Waals surface area contributed by atoms with Crippen molar-refractivity contribution in [3.63, 3.8) is 0 Å².